The monoisotopic (exact) mass is 205 g/mol. The molecule has 0 aromatic carbocycles. The molecule has 1 saturated heterocycles. The Kier molecular flexibility index (Phi) is 2.40. The minimum absolute atomic E-state index is 0.0450. The molecular formula is C8H15NO3S. The average Bonchev–Trinajstić information content (AvgIpc) is 1.79. The standard InChI is InChI=1S/C8H15NO3S/c1-6(2)8(3)4-7(10)9-13(11,12)5-8/h6H,4-5H2,1-3H3,(H,9,10). The van der Waals surface area contributed by atoms with Gasteiger partial charge in [-0.1, -0.05) is 20.8 Å². The number of rotatable bonds is 1. The zero-order chi connectivity index (χ0) is 10.3. The van der Waals surface area contributed by atoms with Gasteiger partial charge < -0.3 is 0 Å². The van der Waals surface area contributed by atoms with Gasteiger partial charge in [-0.2, -0.15) is 0 Å². The SMILES string of the molecule is CC(C)C1(C)CC(=O)NS(=O)(=O)C1. The molecule has 13 heavy (non-hydrogen) atoms. The Balaban J connectivity index is 2.98. The first-order chi connectivity index (χ1) is 5.75. The van der Waals surface area contributed by atoms with Crippen LogP contribution in [0.25, 0.3) is 0 Å². The van der Waals surface area contributed by atoms with Gasteiger partial charge in [-0.25, -0.2) is 8.42 Å². The molecule has 0 aliphatic carbocycles. The Morgan fingerprint density at radius 3 is 2.38 bits per heavy atom. The fourth-order valence-electron chi connectivity index (χ4n) is 1.47. The van der Waals surface area contributed by atoms with Gasteiger partial charge in [0.1, 0.15) is 0 Å². The third kappa shape index (κ3) is 2.21. The largest absolute Gasteiger partial charge is 0.274 e. The molecule has 1 heterocycles. The second kappa shape index (κ2) is 2.97. The fraction of sp³-hybridized carbons (Fsp3) is 0.875. The molecule has 1 rings (SSSR count). The van der Waals surface area contributed by atoms with Crippen molar-refractivity contribution in [3.63, 3.8) is 0 Å². The maximum atomic E-state index is 11.2. The molecule has 0 bridgehead atoms. The number of hydrogen-bond donors (Lipinski definition) is 1. The summed E-state index contributed by atoms with van der Waals surface area (Å²) >= 11 is 0. The summed E-state index contributed by atoms with van der Waals surface area (Å²) in [6.07, 6.45) is 0.296. The molecule has 0 radical (unpaired) electrons. The lowest BCUT2D eigenvalue weighted by molar-refractivity contribution is -0.122. The summed E-state index contributed by atoms with van der Waals surface area (Å²) in [4.78, 5) is 11.1. The van der Waals surface area contributed by atoms with E-state index in [0.29, 0.717) is 6.42 Å². The number of carbonyl (C=O) groups excluding carboxylic acids is 1. The summed E-state index contributed by atoms with van der Waals surface area (Å²) in [5, 5.41) is 0. The van der Waals surface area contributed by atoms with Gasteiger partial charge in [0.15, 0.2) is 0 Å². The van der Waals surface area contributed by atoms with Gasteiger partial charge in [0.25, 0.3) is 0 Å². The van der Waals surface area contributed by atoms with Crippen LogP contribution < -0.4 is 4.72 Å². The van der Waals surface area contributed by atoms with E-state index in [1.54, 1.807) is 0 Å². The highest BCUT2D eigenvalue weighted by molar-refractivity contribution is 7.90. The number of amides is 1. The normalized spacial score (nSPS) is 33.1. The molecular weight excluding hydrogens is 190 g/mol. The minimum atomic E-state index is -3.38. The van der Waals surface area contributed by atoms with Gasteiger partial charge in [0, 0.05) is 6.42 Å². The molecule has 1 fully saturated rings. The van der Waals surface area contributed by atoms with E-state index in [1.807, 2.05) is 25.5 Å². The first-order valence-corrected chi connectivity index (χ1v) is 5.94. The summed E-state index contributed by atoms with van der Waals surface area (Å²) in [5.41, 5.74) is -0.416. The summed E-state index contributed by atoms with van der Waals surface area (Å²) in [6.45, 7) is 5.72. The van der Waals surface area contributed by atoms with Gasteiger partial charge in [-0.3, -0.25) is 9.52 Å². The first kappa shape index (κ1) is 10.5. The zero-order valence-electron chi connectivity index (χ0n) is 8.12. The third-order valence-corrected chi connectivity index (χ3v) is 4.33. The maximum Gasteiger partial charge on any atom is 0.235 e. The highest BCUT2D eigenvalue weighted by Crippen LogP contribution is 2.34. The van der Waals surface area contributed by atoms with Crippen molar-refractivity contribution in [2.24, 2.45) is 11.3 Å². The van der Waals surface area contributed by atoms with Crippen LogP contribution in [0, 0.1) is 11.3 Å². The summed E-state index contributed by atoms with van der Waals surface area (Å²) < 4.78 is 24.5. The summed E-state index contributed by atoms with van der Waals surface area (Å²) in [7, 11) is -3.38. The van der Waals surface area contributed by atoms with Crippen LogP contribution in [-0.2, 0) is 14.8 Å². The van der Waals surface area contributed by atoms with Crippen LogP contribution in [0.5, 0.6) is 0 Å². The Morgan fingerprint density at radius 1 is 1.46 bits per heavy atom. The Labute approximate surface area is 78.8 Å². The van der Waals surface area contributed by atoms with E-state index >= 15 is 0 Å². The van der Waals surface area contributed by atoms with Crippen molar-refractivity contribution in [3.8, 4) is 0 Å². The molecule has 1 aliphatic rings. The van der Waals surface area contributed by atoms with Gasteiger partial charge in [-0.15, -0.1) is 0 Å². The predicted octanol–water partition coefficient (Wildman–Crippen LogP) is 0.498. The highest BCUT2D eigenvalue weighted by Gasteiger charge is 2.41. The van der Waals surface area contributed by atoms with Crippen molar-refractivity contribution < 1.29 is 13.2 Å². The van der Waals surface area contributed by atoms with Crippen molar-refractivity contribution in [1.82, 2.24) is 4.72 Å². The average molecular weight is 205 g/mol. The third-order valence-electron chi connectivity index (χ3n) is 2.75. The molecule has 0 aromatic heterocycles. The lowest BCUT2D eigenvalue weighted by Crippen LogP contribution is -2.49. The zero-order valence-corrected chi connectivity index (χ0v) is 8.94. The van der Waals surface area contributed by atoms with Gasteiger partial charge in [0.05, 0.1) is 5.75 Å². The molecule has 4 nitrogen and oxygen atoms in total. The van der Waals surface area contributed by atoms with Crippen LogP contribution >= 0.6 is 0 Å². The van der Waals surface area contributed by atoms with Crippen LogP contribution in [0.3, 0.4) is 0 Å². The molecule has 1 aliphatic heterocycles. The quantitative estimate of drug-likeness (QED) is 0.678. The predicted molar refractivity (Wildman–Crippen MR) is 49.5 cm³/mol. The minimum Gasteiger partial charge on any atom is -0.274 e. The molecule has 76 valence electrons. The van der Waals surface area contributed by atoms with E-state index in [0.717, 1.165) is 0 Å². The Hall–Kier alpha value is -0.580. The molecule has 0 saturated carbocycles. The molecule has 1 amide bonds. The molecule has 1 unspecified atom stereocenters. The van der Waals surface area contributed by atoms with Gasteiger partial charge in [-0.05, 0) is 11.3 Å². The molecule has 0 spiro atoms. The molecule has 5 heteroatoms. The fourth-order valence-corrected chi connectivity index (χ4v) is 3.26. The van der Waals surface area contributed by atoms with E-state index in [4.69, 9.17) is 0 Å². The van der Waals surface area contributed by atoms with Crippen LogP contribution in [0.1, 0.15) is 27.2 Å². The van der Waals surface area contributed by atoms with Crippen LogP contribution in [0.15, 0.2) is 0 Å². The van der Waals surface area contributed by atoms with Crippen molar-refractivity contribution >= 4 is 15.9 Å². The van der Waals surface area contributed by atoms with E-state index in [1.165, 1.54) is 0 Å². The second-order valence-electron chi connectivity index (χ2n) is 4.27. The van der Waals surface area contributed by atoms with E-state index in [-0.39, 0.29) is 17.6 Å². The Bertz CT molecular complexity index is 320. The molecule has 0 aromatic rings. The number of sulfonamides is 1. The number of carbonyl (C=O) groups is 1. The molecule has 1 N–H and O–H groups in total. The first-order valence-electron chi connectivity index (χ1n) is 4.28. The van der Waals surface area contributed by atoms with E-state index < -0.39 is 15.4 Å². The van der Waals surface area contributed by atoms with Crippen molar-refractivity contribution in [3.05, 3.63) is 0 Å². The van der Waals surface area contributed by atoms with E-state index in [9.17, 15) is 13.2 Å². The summed E-state index contributed by atoms with van der Waals surface area (Å²) in [6, 6.07) is 0. The van der Waals surface area contributed by atoms with Crippen LogP contribution in [0.2, 0.25) is 0 Å². The highest BCUT2D eigenvalue weighted by atomic mass is 32.2. The second-order valence-corrected chi connectivity index (χ2v) is 5.99. The maximum absolute atomic E-state index is 11.2. The lowest BCUT2D eigenvalue weighted by Gasteiger charge is -2.36. The topological polar surface area (TPSA) is 63.2 Å². The van der Waals surface area contributed by atoms with Crippen molar-refractivity contribution in [1.29, 1.82) is 0 Å². The number of nitrogens with one attached hydrogen (secondary N) is 1. The smallest absolute Gasteiger partial charge is 0.235 e. The van der Waals surface area contributed by atoms with Crippen LogP contribution in [-0.4, -0.2) is 20.1 Å². The van der Waals surface area contributed by atoms with Gasteiger partial charge >= 0.3 is 0 Å². The Morgan fingerprint density at radius 2 is 2.00 bits per heavy atom. The van der Waals surface area contributed by atoms with Gasteiger partial charge in [0.2, 0.25) is 15.9 Å². The van der Waals surface area contributed by atoms with Crippen molar-refractivity contribution in [2.45, 2.75) is 27.2 Å². The molecule has 1 atom stereocenters. The van der Waals surface area contributed by atoms with Crippen molar-refractivity contribution in [2.75, 3.05) is 5.75 Å². The summed E-state index contributed by atoms with van der Waals surface area (Å²) in [5.74, 6) is -0.153. The van der Waals surface area contributed by atoms with E-state index in [2.05, 4.69) is 0 Å². The van der Waals surface area contributed by atoms with Crippen LogP contribution in [0.4, 0.5) is 0 Å². The lowest BCUT2D eigenvalue weighted by atomic mass is 9.78. The number of hydrogen-bond acceptors (Lipinski definition) is 3.